The van der Waals surface area contributed by atoms with Gasteiger partial charge in [0.05, 0.1) is 0 Å². The van der Waals surface area contributed by atoms with Crippen molar-refractivity contribution in [2.45, 2.75) is 39.0 Å². The van der Waals surface area contributed by atoms with Crippen LogP contribution in [0.2, 0.25) is 0 Å². The molecule has 0 atom stereocenters. The molecule has 0 amide bonds. The van der Waals surface area contributed by atoms with E-state index in [0.717, 1.165) is 35.7 Å². The number of benzene rings is 1. The Morgan fingerprint density at radius 2 is 2.05 bits per heavy atom. The van der Waals surface area contributed by atoms with Crippen LogP contribution < -0.4 is 0 Å². The Bertz CT molecular complexity index is 508. The van der Waals surface area contributed by atoms with Crippen molar-refractivity contribution in [1.82, 2.24) is 9.88 Å². The molecule has 0 saturated carbocycles. The van der Waals surface area contributed by atoms with E-state index in [0.29, 0.717) is 0 Å². The van der Waals surface area contributed by atoms with Crippen LogP contribution in [0.4, 0.5) is 0 Å². The summed E-state index contributed by atoms with van der Waals surface area (Å²) in [5, 5.41) is 0. The standard InChI is InChI=1S/C17H24N2O/c1-2-14-9-12-19(13-10-14)11-5-8-17-18-15-6-3-4-7-16(15)20-17/h3-4,6-7,14H,2,5,8-13H2,1H3. The summed E-state index contributed by atoms with van der Waals surface area (Å²) in [4.78, 5) is 7.13. The van der Waals surface area contributed by atoms with E-state index in [1.807, 2.05) is 24.3 Å². The van der Waals surface area contributed by atoms with Gasteiger partial charge in [-0.25, -0.2) is 4.98 Å². The van der Waals surface area contributed by atoms with E-state index in [4.69, 9.17) is 4.42 Å². The minimum Gasteiger partial charge on any atom is -0.441 e. The largest absolute Gasteiger partial charge is 0.441 e. The van der Waals surface area contributed by atoms with Gasteiger partial charge >= 0.3 is 0 Å². The lowest BCUT2D eigenvalue weighted by Crippen LogP contribution is -2.34. The van der Waals surface area contributed by atoms with Crippen LogP contribution in [0.15, 0.2) is 28.7 Å². The van der Waals surface area contributed by atoms with Gasteiger partial charge in [-0.05, 0) is 56.9 Å². The van der Waals surface area contributed by atoms with Gasteiger partial charge in [-0.1, -0.05) is 25.5 Å². The molecule has 3 nitrogen and oxygen atoms in total. The highest BCUT2D eigenvalue weighted by Gasteiger charge is 2.17. The Morgan fingerprint density at radius 3 is 2.80 bits per heavy atom. The molecule has 0 unspecified atom stereocenters. The summed E-state index contributed by atoms with van der Waals surface area (Å²) >= 11 is 0. The molecule has 1 aromatic heterocycles. The Labute approximate surface area is 121 Å². The van der Waals surface area contributed by atoms with Crippen LogP contribution in [0.5, 0.6) is 0 Å². The predicted molar refractivity (Wildman–Crippen MR) is 81.8 cm³/mol. The van der Waals surface area contributed by atoms with Crippen LogP contribution in [0, 0.1) is 5.92 Å². The molecule has 108 valence electrons. The van der Waals surface area contributed by atoms with E-state index in [-0.39, 0.29) is 0 Å². The third-order valence-corrected chi connectivity index (χ3v) is 4.49. The Hall–Kier alpha value is -1.35. The van der Waals surface area contributed by atoms with Crippen LogP contribution in [-0.2, 0) is 6.42 Å². The molecular formula is C17H24N2O. The van der Waals surface area contributed by atoms with Gasteiger partial charge in [0, 0.05) is 6.42 Å². The number of hydrogen-bond acceptors (Lipinski definition) is 3. The second kappa shape index (κ2) is 6.40. The molecule has 0 bridgehead atoms. The van der Waals surface area contributed by atoms with E-state index in [1.165, 1.54) is 38.9 Å². The number of hydrogen-bond donors (Lipinski definition) is 0. The molecule has 0 N–H and O–H groups in total. The summed E-state index contributed by atoms with van der Waals surface area (Å²) in [5.41, 5.74) is 1.89. The minimum atomic E-state index is 0.884. The lowest BCUT2D eigenvalue weighted by atomic mass is 9.94. The topological polar surface area (TPSA) is 29.3 Å². The van der Waals surface area contributed by atoms with Gasteiger partial charge in [0.2, 0.25) is 0 Å². The highest BCUT2D eigenvalue weighted by Crippen LogP contribution is 2.20. The van der Waals surface area contributed by atoms with Crippen LogP contribution in [-0.4, -0.2) is 29.5 Å². The first-order chi connectivity index (χ1) is 9.85. The Morgan fingerprint density at radius 1 is 1.25 bits per heavy atom. The van der Waals surface area contributed by atoms with Gasteiger partial charge in [0.1, 0.15) is 5.52 Å². The minimum absolute atomic E-state index is 0.884. The number of aryl methyl sites for hydroxylation is 1. The SMILES string of the molecule is CCC1CCN(CCCc2nc3ccccc3o2)CC1. The van der Waals surface area contributed by atoms with Gasteiger partial charge < -0.3 is 9.32 Å². The molecule has 1 saturated heterocycles. The van der Waals surface area contributed by atoms with Crippen LogP contribution in [0.1, 0.15) is 38.5 Å². The third kappa shape index (κ3) is 3.21. The molecular weight excluding hydrogens is 248 g/mol. The zero-order chi connectivity index (χ0) is 13.8. The third-order valence-electron chi connectivity index (χ3n) is 4.49. The van der Waals surface area contributed by atoms with Crippen molar-refractivity contribution in [2.24, 2.45) is 5.92 Å². The van der Waals surface area contributed by atoms with Crippen LogP contribution in [0.3, 0.4) is 0 Å². The summed E-state index contributed by atoms with van der Waals surface area (Å²) in [6.07, 6.45) is 6.18. The van der Waals surface area contributed by atoms with E-state index < -0.39 is 0 Å². The van der Waals surface area contributed by atoms with Gasteiger partial charge in [-0.15, -0.1) is 0 Å². The molecule has 1 aromatic carbocycles. The van der Waals surface area contributed by atoms with Crippen molar-refractivity contribution in [3.05, 3.63) is 30.2 Å². The molecule has 1 fully saturated rings. The molecule has 1 aliphatic heterocycles. The second-order valence-electron chi connectivity index (χ2n) is 5.87. The van der Waals surface area contributed by atoms with E-state index >= 15 is 0 Å². The lowest BCUT2D eigenvalue weighted by Gasteiger charge is -2.31. The van der Waals surface area contributed by atoms with Gasteiger partial charge in [0.25, 0.3) is 0 Å². The van der Waals surface area contributed by atoms with Crippen molar-refractivity contribution in [3.63, 3.8) is 0 Å². The van der Waals surface area contributed by atoms with Crippen molar-refractivity contribution in [1.29, 1.82) is 0 Å². The molecule has 3 rings (SSSR count). The Balaban J connectivity index is 1.46. The fourth-order valence-corrected chi connectivity index (χ4v) is 3.10. The van der Waals surface area contributed by atoms with E-state index in [9.17, 15) is 0 Å². The van der Waals surface area contributed by atoms with Crippen molar-refractivity contribution in [3.8, 4) is 0 Å². The number of fused-ring (bicyclic) bond motifs is 1. The highest BCUT2D eigenvalue weighted by molar-refractivity contribution is 5.72. The Kier molecular flexibility index (Phi) is 4.36. The molecule has 2 heterocycles. The smallest absolute Gasteiger partial charge is 0.195 e. The quantitative estimate of drug-likeness (QED) is 0.827. The number of oxazole rings is 1. The zero-order valence-electron chi connectivity index (χ0n) is 12.3. The predicted octanol–water partition coefficient (Wildman–Crippen LogP) is 3.88. The fraction of sp³-hybridized carbons (Fsp3) is 0.588. The fourth-order valence-electron chi connectivity index (χ4n) is 3.10. The number of aromatic nitrogens is 1. The summed E-state index contributed by atoms with van der Waals surface area (Å²) in [5.74, 6) is 1.85. The van der Waals surface area contributed by atoms with Crippen molar-refractivity contribution < 1.29 is 4.42 Å². The van der Waals surface area contributed by atoms with Crippen LogP contribution >= 0.6 is 0 Å². The van der Waals surface area contributed by atoms with Gasteiger partial charge in [-0.3, -0.25) is 0 Å². The molecule has 0 aliphatic carbocycles. The summed E-state index contributed by atoms with van der Waals surface area (Å²) < 4.78 is 5.76. The summed E-state index contributed by atoms with van der Waals surface area (Å²) in [7, 11) is 0. The first-order valence-corrected chi connectivity index (χ1v) is 7.92. The average molecular weight is 272 g/mol. The van der Waals surface area contributed by atoms with E-state index in [2.05, 4.69) is 16.8 Å². The number of para-hydroxylation sites is 2. The molecule has 0 spiro atoms. The number of rotatable bonds is 5. The molecule has 3 heteroatoms. The molecule has 20 heavy (non-hydrogen) atoms. The first kappa shape index (κ1) is 13.6. The number of piperidine rings is 1. The number of nitrogens with zero attached hydrogens (tertiary/aromatic N) is 2. The maximum Gasteiger partial charge on any atom is 0.195 e. The average Bonchev–Trinajstić information content (AvgIpc) is 2.90. The summed E-state index contributed by atoms with van der Waals surface area (Å²) in [6, 6.07) is 8.00. The van der Waals surface area contributed by atoms with E-state index in [1.54, 1.807) is 0 Å². The van der Waals surface area contributed by atoms with Crippen LogP contribution in [0.25, 0.3) is 11.1 Å². The van der Waals surface area contributed by atoms with Crippen molar-refractivity contribution in [2.75, 3.05) is 19.6 Å². The second-order valence-corrected chi connectivity index (χ2v) is 5.87. The highest BCUT2D eigenvalue weighted by atomic mass is 16.3. The summed E-state index contributed by atoms with van der Waals surface area (Å²) in [6.45, 7) is 6.03. The van der Waals surface area contributed by atoms with Gasteiger partial charge in [-0.2, -0.15) is 0 Å². The maximum absolute atomic E-state index is 5.76. The lowest BCUT2D eigenvalue weighted by molar-refractivity contribution is 0.179. The van der Waals surface area contributed by atoms with Crippen molar-refractivity contribution >= 4 is 11.1 Å². The number of likely N-dealkylation sites (tertiary alicyclic amines) is 1. The molecule has 0 radical (unpaired) electrons. The zero-order valence-corrected chi connectivity index (χ0v) is 12.3. The maximum atomic E-state index is 5.76. The monoisotopic (exact) mass is 272 g/mol. The normalized spacial score (nSPS) is 17.9. The first-order valence-electron chi connectivity index (χ1n) is 7.92. The molecule has 2 aromatic rings. The molecule has 1 aliphatic rings. The van der Waals surface area contributed by atoms with Gasteiger partial charge in [0.15, 0.2) is 11.5 Å².